The van der Waals surface area contributed by atoms with Crippen LogP contribution in [-0.2, 0) is 6.42 Å². The molecule has 1 aromatic carbocycles. The Balaban J connectivity index is 2.10. The lowest BCUT2D eigenvalue weighted by Crippen LogP contribution is -2.34. The minimum atomic E-state index is -0.102. The summed E-state index contributed by atoms with van der Waals surface area (Å²) in [4.78, 5) is 2.17. The van der Waals surface area contributed by atoms with Gasteiger partial charge in [-0.25, -0.2) is 4.39 Å². The van der Waals surface area contributed by atoms with Crippen LogP contribution in [0, 0.1) is 11.7 Å². The standard InChI is InChI=1S/C16H25FN2/c1-3-14(18)9-13-6-7-16(15(17)10-13)19-8-4-5-12(2)11-19/h6-7,10,12,14H,3-5,8-9,11,18H2,1-2H3. The van der Waals surface area contributed by atoms with Gasteiger partial charge in [-0.1, -0.05) is 19.9 Å². The predicted molar refractivity (Wildman–Crippen MR) is 79.0 cm³/mol. The monoisotopic (exact) mass is 264 g/mol. The fourth-order valence-electron chi connectivity index (χ4n) is 2.79. The second-order valence-electron chi connectivity index (χ2n) is 5.85. The second kappa shape index (κ2) is 6.38. The van der Waals surface area contributed by atoms with Gasteiger partial charge in [-0.05, 0) is 49.3 Å². The van der Waals surface area contributed by atoms with Crippen molar-refractivity contribution in [2.24, 2.45) is 11.7 Å². The van der Waals surface area contributed by atoms with Gasteiger partial charge in [-0.15, -0.1) is 0 Å². The van der Waals surface area contributed by atoms with E-state index in [0.29, 0.717) is 5.92 Å². The molecule has 0 spiro atoms. The molecule has 1 aliphatic heterocycles. The lowest BCUT2D eigenvalue weighted by molar-refractivity contribution is 0.442. The Bertz CT molecular complexity index is 419. The van der Waals surface area contributed by atoms with Gasteiger partial charge < -0.3 is 10.6 Å². The highest BCUT2D eigenvalue weighted by atomic mass is 19.1. The van der Waals surface area contributed by atoms with Crippen LogP contribution in [0.25, 0.3) is 0 Å². The third kappa shape index (κ3) is 3.69. The SMILES string of the molecule is CCC(N)Cc1ccc(N2CCCC(C)C2)c(F)c1. The quantitative estimate of drug-likeness (QED) is 0.903. The molecule has 0 radical (unpaired) electrons. The minimum Gasteiger partial charge on any atom is -0.369 e. The van der Waals surface area contributed by atoms with Crippen molar-refractivity contribution >= 4 is 5.69 Å². The molecular weight excluding hydrogens is 239 g/mol. The highest BCUT2D eigenvalue weighted by Gasteiger charge is 2.19. The Labute approximate surface area is 115 Å². The topological polar surface area (TPSA) is 29.3 Å². The van der Waals surface area contributed by atoms with Crippen molar-refractivity contribution in [3.8, 4) is 0 Å². The molecule has 0 amide bonds. The molecule has 3 heteroatoms. The first-order chi connectivity index (χ1) is 9.10. The molecule has 1 heterocycles. The lowest BCUT2D eigenvalue weighted by atomic mass is 9.99. The summed E-state index contributed by atoms with van der Waals surface area (Å²) in [6.45, 7) is 6.23. The third-order valence-corrected chi connectivity index (χ3v) is 4.03. The van der Waals surface area contributed by atoms with Crippen LogP contribution in [0.1, 0.15) is 38.7 Å². The van der Waals surface area contributed by atoms with E-state index in [0.717, 1.165) is 43.6 Å². The summed E-state index contributed by atoms with van der Waals surface area (Å²) in [6.07, 6.45) is 4.09. The zero-order valence-electron chi connectivity index (χ0n) is 12.0. The molecule has 1 saturated heterocycles. The number of nitrogens with two attached hydrogens (primary N) is 1. The summed E-state index contributed by atoms with van der Waals surface area (Å²) in [7, 11) is 0. The molecular formula is C16H25FN2. The van der Waals surface area contributed by atoms with Crippen LogP contribution in [0.3, 0.4) is 0 Å². The number of piperidine rings is 1. The van der Waals surface area contributed by atoms with E-state index in [9.17, 15) is 4.39 Å². The van der Waals surface area contributed by atoms with Gasteiger partial charge in [0.1, 0.15) is 5.82 Å². The number of benzene rings is 1. The number of rotatable bonds is 4. The van der Waals surface area contributed by atoms with Crippen molar-refractivity contribution in [1.29, 1.82) is 0 Å². The van der Waals surface area contributed by atoms with E-state index in [2.05, 4.69) is 18.7 Å². The van der Waals surface area contributed by atoms with E-state index < -0.39 is 0 Å². The molecule has 1 aliphatic rings. The zero-order valence-corrected chi connectivity index (χ0v) is 12.0. The fourth-order valence-corrected chi connectivity index (χ4v) is 2.79. The molecule has 0 aliphatic carbocycles. The van der Waals surface area contributed by atoms with Gasteiger partial charge in [0.2, 0.25) is 0 Å². The van der Waals surface area contributed by atoms with Crippen LogP contribution in [-0.4, -0.2) is 19.1 Å². The van der Waals surface area contributed by atoms with Crippen LogP contribution >= 0.6 is 0 Å². The zero-order chi connectivity index (χ0) is 13.8. The molecule has 1 aromatic rings. The molecule has 2 N–H and O–H groups in total. The Morgan fingerprint density at radius 3 is 2.89 bits per heavy atom. The van der Waals surface area contributed by atoms with Gasteiger partial charge >= 0.3 is 0 Å². The Morgan fingerprint density at radius 1 is 1.47 bits per heavy atom. The van der Waals surface area contributed by atoms with Crippen molar-refractivity contribution in [1.82, 2.24) is 0 Å². The average Bonchev–Trinajstić information content (AvgIpc) is 2.38. The van der Waals surface area contributed by atoms with Crippen LogP contribution in [0.4, 0.5) is 10.1 Å². The third-order valence-electron chi connectivity index (χ3n) is 4.03. The minimum absolute atomic E-state index is 0.102. The van der Waals surface area contributed by atoms with Crippen LogP contribution in [0.15, 0.2) is 18.2 Å². The summed E-state index contributed by atoms with van der Waals surface area (Å²) in [5.74, 6) is 0.552. The smallest absolute Gasteiger partial charge is 0.146 e. The lowest BCUT2D eigenvalue weighted by Gasteiger charge is -2.33. The molecule has 2 atom stereocenters. The largest absolute Gasteiger partial charge is 0.369 e. The first-order valence-corrected chi connectivity index (χ1v) is 7.39. The van der Waals surface area contributed by atoms with E-state index in [-0.39, 0.29) is 11.9 Å². The van der Waals surface area contributed by atoms with E-state index in [1.165, 1.54) is 6.42 Å². The average molecular weight is 264 g/mol. The van der Waals surface area contributed by atoms with Crippen molar-refractivity contribution in [3.63, 3.8) is 0 Å². The maximum Gasteiger partial charge on any atom is 0.146 e. The van der Waals surface area contributed by atoms with E-state index in [1.54, 1.807) is 6.07 Å². The van der Waals surface area contributed by atoms with Gasteiger partial charge in [0.25, 0.3) is 0 Å². The summed E-state index contributed by atoms with van der Waals surface area (Å²) in [5.41, 5.74) is 7.67. The molecule has 0 saturated carbocycles. The Kier molecular flexibility index (Phi) is 4.81. The highest BCUT2D eigenvalue weighted by molar-refractivity contribution is 5.49. The molecule has 2 nitrogen and oxygen atoms in total. The van der Waals surface area contributed by atoms with Gasteiger partial charge in [-0.2, -0.15) is 0 Å². The first-order valence-electron chi connectivity index (χ1n) is 7.39. The van der Waals surface area contributed by atoms with Crippen molar-refractivity contribution in [3.05, 3.63) is 29.6 Å². The highest BCUT2D eigenvalue weighted by Crippen LogP contribution is 2.26. The molecule has 0 bridgehead atoms. The summed E-state index contributed by atoms with van der Waals surface area (Å²) >= 11 is 0. The van der Waals surface area contributed by atoms with Crippen LogP contribution in [0.2, 0.25) is 0 Å². The predicted octanol–water partition coefficient (Wildman–Crippen LogP) is 3.34. The van der Waals surface area contributed by atoms with E-state index in [4.69, 9.17) is 5.73 Å². The van der Waals surface area contributed by atoms with Crippen molar-refractivity contribution in [2.75, 3.05) is 18.0 Å². The Hall–Kier alpha value is -1.09. The fraction of sp³-hybridized carbons (Fsp3) is 0.625. The Morgan fingerprint density at radius 2 is 2.26 bits per heavy atom. The first kappa shape index (κ1) is 14.3. The number of nitrogens with zero attached hydrogens (tertiary/aromatic N) is 1. The number of hydrogen-bond acceptors (Lipinski definition) is 2. The molecule has 0 aromatic heterocycles. The molecule has 19 heavy (non-hydrogen) atoms. The van der Waals surface area contributed by atoms with Crippen LogP contribution in [0.5, 0.6) is 0 Å². The summed E-state index contributed by atoms with van der Waals surface area (Å²) < 4.78 is 14.2. The maximum absolute atomic E-state index is 14.2. The molecule has 1 fully saturated rings. The maximum atomic E-state index is 14.2. The van der Waals surface area contributed by atoms with Gasteiger partial charge in [0.15, 0.2) is 0 Å². The number of anilines is 1. The second-order valence-corrected chi connectivity index (χ2v) is 5.85. The van der Waals surface area contributed by atoms with Gasteiger partial charge in [-0.3, -0.25) is 0 Å². The molecule has 106 valence electrons. The van der Waals surface area contributed by atoms with E-state index >= 15 is 0 Å². The number of halogens is 1. The number of hydrogen-bond donors (Lipinski definition) is 1. The summed E-state index contributed by atoms with van der Waals surface area (Å²) in [6, 6.07) is 5.72. The molecule has 2 unspecified atom stereocenters. The van der Waals surface area contributed by atoms with E-state index in [1.807, 2.05) is 12.1 Å². The summed E-state index contributed by atoms with van der Waals surface area (Å²) in [5, 5.41) is 0. The normalized spacial score (nSPS) is 21.5. The van der Waals surface area contributed by atoms with Crippen LogP contribution < -0.4 is 10.6 Å². The van der Waals surface area contributed by atoms with Gasteiger partial charge in [0, 0.05) is 19.1 Å². The van der Waals surface area contributed by atoms with Gasteiger partial charge in [0.05, 0.1) is 5.69 Å². The van der Waals surface area contributed by atoms with Crippen molar-refractivity contribution < 1.29 is 4.39 Å². The van der Waals surface area contributed by atoms with Crippen molar-refractivity contribution in [2.45, 2.75) is 45.6 Å². The molecule has 2 rings (SSSR count).